The molecule has 0 radical (unpaired) electrons. The summed E-state index contributed by atoms with van der Waals surface area (Å²) in [6.07, 6.45) is 2.17. The molecule has 0 bridgehead atoms. The first-order valence-corrected chi connectivity index (χ1v) is 4.72. The van der Waals surface area contributed by atoms with Crippen molar-refractivity contribution < 1.29 is 9.53 Å². The van der Waals surface area contributed by atoms with Crippen LogP contribution in [0.4, 0.5) is 0 Å². The SMILES string of the molecule is CCC(N)CNC(=O)CCCOC. The van der Waals surface area contributed by atoms with Crippen LogP contribution >= 0.6 is 0 Å². The van der Waals surface area contributed by atoms with Gasteiger partial charge in [-0.1, -0.05) is 6.92 Å². The number of carbonyl (C=O) groups excluding carboxylic acids is 1. The van der Waals surface area contributed by atoms with Gasteiger partial charge in [-0.15, -0.1) is 0 Å². The Bertz CT molecular complexity index is 140. The van der Waals surface area contributed by atoms with Crippen LogP contribution in [0, 0.1) is 0 Å². The Kier molecular flexibility index (Phi) is 7.63. The normalized spacial score (nSPS) is 12.5. The van der Waals surface area contributed by atoms with E-state index in [1.165, 1.54) is 0 Å². The van der Waals surface area contributed by atoms with E-state index >= 15 is 0 Å². The van der Waals surface area contributed by atoms with Crippen molar-refractivity contribution in [2.45, 2.75) is 32.2 Å². The molecule has 0 fully saturated rings. The van der Waals surface area contributed by atoms with Crippen molar-refractivity contribution in [3.63, 3.8) is 0 Å². The molecular weight excluding hydrogens is 168 g/mol. The topological polar surface area (TPSA) is 64.3 Å². The van der Waals surface area contributed by atoms with E-state index in [1.54, 1.807) is 7.11 Å². The van der Waals surface area contributed by atoms with E-state index < -0.39 is 0 Å². The Morgan fingerprint density at radius 3 is 2.85 bits per heavy atom. The number of hydrogen-bond acceptors (Lipinski definition) is 3. The third-order valence-corrected chi connectivity index (χ3v) is 1.84. The highest BCUT2D eigenvalue weighted by Gasteiger charge is 2.03. The molecule has 0 aromatic heterocycles. The average molecular weight is 188 g/mol. The molecule has 4 heteroatoms. The van der Waals surface area contributed by atoms with Crippen LogP contribution in [0.2, 0.25) is 0 Å². The van der Waals surface area contributed by atoms with Crippen molar-refractivity contribution >= 4 is 5.91 Å². The van der Waals surface area contributed by atoms with Gasteiger partial charge in [0.1, 0.15) is 0 Å². The third kappa shape index (κ3) is 7.74. The van der Waals surface area contributed by atoms with Gasteiger partial charge in [-0.25, -0.2) is 0 Å². The number of hydrogen-bond donors (Lipinski definition) is 2. The van der Waals surface area contributed by atoms with Crippen LogP contribution in [0.5, 0.6) is 0 Å². The first kappa shape index (κ1) is 12.4. The predicted octanol–water partition coefficient (Wildman–Crippen LogP) is 0.267. The molecule has 0 heterocycles. The van der Waals surface area contributed by atoms with Gasteiger partial charge in [0, 0.05) is 32.7 Å². The number of nitrogens with one attached hydrogen (secondary N) is 1. The zero-order chi connectivity index (χ0) is 10.1. The Hall–Kier alpha value is -0.610. The first-order chi connectivity index (χ1) is 6.20. The van der Waals surface area contributed by atoms with Crippen LogP contribution in [-0.4, -0.2) is 32.2 Å². The molecule has 0 aromatic carbocycles. The summed E-state index contributed by atoms with van der Waals surface area (Å²) in [5.41, 5.74) is 5.64. The van der Waals surface area contributed by atoms with Gasteiger partial charge >= 0.3 is 0 Å². The molecule has 0 aliphatic carbocycles. The highest BCUT2D eigenvalue weighted by atomic mass is 16.5. The van der Waals surface area contributed by atoms with E-state index in [0.717, 1.165) is 12.8 Å². The fourth-order valence-corrected chi connectivity index (χ4v) is 0.855. The zero-order valence-electron chi connectivity index (χ0n) is 8.51. The molecule has 0 aliphatic rings. The minimum Gasteiger partial charge on any atom is -0.385 e. The van der Waals surface area contributed by atoms with Crippen molar-refractivity contribution in [3.8, 4) is 0 Å². The second kappa shape index (κ2) is 8.01. The Balaban J connectivity index is 3.30. The fraction of sp³-hybridized carbons (Fsp3) is 0.889. The van der Waals surface area contributed by atoms with Gasteiger partial charge in [-0.3, -0.25) is 4.79 Å². The van der Waals surface area contributed by atoms with Gasteiger partial charge in [0.15, 0.2) is 0 Å². The Morgan fingerprint density at radius 1 is 1.62 bits per heavy atom. The van der Waals surface area contributed by atoms with Crippen LogP contribution in [0.25, 0.3) is 0 Å². The smallest absolute Gasteiger partial charge is 0.220 e. The van der Waals surface area contributed by atoms with E-state index in [9.17, 15) is 4.79 Å². The van der Waals surface area contributed by atoms with E-state index in [1.807, 2.05) is 6.92 Å². The van der Waals surface area contributed by atoms with Crippen LogP contribution in [0.1, 0.15) is 26.2 Å². The molecule has 1 amide bonds. The molecule has 0 rings (SSSR count). The lowest BCUT2D eigenvalue weighted by Gasteiger charge is -2.09. The summed E-state index contributed by atoms with van der Waals surface area (Å²) in [6.45, 7) is 3.21. The summed E-state index contributed by atoms with van der Waals surface area (Å²) in [5, 5.41) is 2.77. The highest BCUT2D eigenvalue weighted by molar-refractivity contribution is 5.75. The minimum absolute atomic E-state index is 0.0564. The maximum absolute atomic E-state index is 11.1. The number of amides is 1. The monoisotopic (exact) mass is 188 g/mol. The van der Waals surface area contributed by atoms with Crippen molar-refractivity contribution in [2.75, 3.05) is 20.3 Å². The third-order valence-electron chi connectivity index (χ3n) is 1.84. The zero-order valence-corrected chi connectivity index (χ0v) is 8.51. The highest BCUT2D eigenvalue weighted by Crippen LogP contribution is 1.90. The van der Waals surface area contributed by atoms with Crippen molar-refractivity contribution in [2.24, 2.45) is 5.73 Å². The van der Waals surface area contributed by atoms with Gasteiger partial charge in [0.2, 0.25) is 5.91 Å². The van der Waals surface area contributed by atoms with E-state index in [-0.39, 0.29) is 11.9 Å². The van der Waals surface area contributed by atoms with Gasteiger partial charge in [0.25, 0.3) is 0 Å². The maximum Gasteiger partial charge on any atom is 0.220 e. The van der Waals surface area contributed by atoms with Crippen molar-refractivity contribution in [3.05, 3.63) is 0 Å². The lowest BCUT2D eigenvalue weighted by Crippen LogP contribution is -2.36. The molecule has 13 heavy (non-hydrogen) atoms. The molecule has 4 nitrogen and oxygen atoms in total. The molecule has 0 saturated heterocycles. The summed E-state index contributed by atoms with van der Waals surface area (Å²) in [6, 6.07) is 0.0753. The van der Waals surface area contributed by atoms with Gasteiger partial charge < -0.3 is 15.8 Å². The minimum atomic E-state index is 0.0564. The fourth-order valence-electron chi connectivity index (χ4n) is 0.855. The van der Waals surface area contributed by atoms with Crippen molar-refractivity contribution in [1.29, 1.82) is 0 Å². The Morgan fingerprint density at radius 2 is 2.31 bits per heavy atom. The summed E-state index contributed by atoms with van der Waals surface area (Å²) in [4.78, 5) is 11.1. The van der Waals surface area contributed by atoms with Crippen molar-refractivity contribution in [1.82, 2.24) is 5.32 Å². The summed E-state index contributed by atoms with van der Waals surface area (Å²) in [7, 11) is 1.63. The first-order valence-electron chi connectivity index (χ1n) is 4.72. The lowest BCUT2D eigenvalue weighted by atomic mass is 10.2. The van der Waals surface area contributed by atoms with Crippen LogP contribution < -0.4 is 11.1 Å². The molecular formula is C9H20N2O2. The van der Waals surface area contributed by atoms with Crippen LogP contribution in [0.15, 0.2) is 0 Å². The lowest BCUT2D eigenvalue weighted by molar-refractivity contribution is -0.121. The largest absolute Gasteiger partial charge is 0.385 e. The molecule has 0 aromatic rings. The number of ether oxygens (including phenoxy) is 1. The van der Waals surface area contributed by atoms with Gasteiger partial charge in [0.05, 0.1) is 0 Å². The molecule has 0 spiro atoms. The molecule has 1 unspecified atom stereocenters. The maximum atomic E-state index is 11.1. The van der Waals surface area contributed by atoms with Crippen LogP contribution in [-0.2, 0) is 9.53 Å². The Labute approximate surface area is 79.8 Å². The quantitative estimate of drug-likeness (QED) is 0.563. The molecule has 0 saturated carbocycles. The number of rotatable bonds is 7. The second-order valence-corrected chi connectivity index (χ2v) is 3.07. The second-order valence-electron chi connectivity index (χ2n) is 3.07. The van der Waals surface area contributed by atoms with Gasteiger partial charge in [-0.05, 0) is 12.8 Å². The van der Waals surface area contributed by atoms with E-state index in [2.05, 4.69) is 5.32 Å². The summed E-state index contributed by atoms with van der Waals surface area (Å²) in [5.74, 6) is 0.0564. The molecule has 1 atom stereocenters. The molecule has 3 N–H and O–H groups in total. The number of nitrogens with two attached hydrogens (primary N) is 1. The number of carbonyl (C=O) groups is 1. The standard InChI is InChI=1S/C9H20N2O2/c1-3-8(10)7-11-9(12)5-4-6-13-2/h8H,3-7,10H2,1-2H3,(H,11,12). The summed E-state index contributed by atoms with van der Waals surface area (Å²) < 4.78 is 4.83. The molecule has 0 aliphatic heterocycles. The van der Waals surface area contributed by atoms with Gasteiger partial charge in [-0.2, -0.15) is 0 Å². The molecule has 78 valence electrons. The summed E-state index contributed by atoms with van der Waals surface area (Å²) >= 11 is 0. The van der Waals surface area contributed by atoms with E-state index in [0.29, 0.717) is 19.6 Å². The predicted molar refractivity (Wildman–Crippen MR) is 52.4 cm³/mol. The number of methoxy groups -OCH3 is 1. The average Bonchev–Trinajstić information content (AvgIpc) is 2.14. The van der Waals surface area contributed by atoms with Crippen LogP contribution in [0.3, 0.4) is 0 Å². The van der Waals surface area contributed by atoms with E-state index in [4.69, 9.17) is 10.5 Å².